The zero-order valence-electron chi connectivity index (χ0n) is 43.0. The maximum atomic E-state index is 14.2. The molecule has 0 fully saturated rings. The molecular formula is C56H29BF24N4O3. The van der Waals surface area contributed by atoms with Gasteiger partial charge in [-0.3, -0.25) is 4.79 Å². The maximum absolute atomic E-state index is 14.2. The van der Waals surface area contributed by atoms with E-state index in [9.17, 15) is 115 Å². The van der Waals surface area contributed by atoms with E-state index in [1.165, 1.54) is 6.07 Å². The van der Waals surface area contributed by atoms with Crippen molar-refractivity contribution in [3.05, 3.63) is 230 Å². The second-order valence-electron chi connectivity index (χ2n) is 19.0. The fourth-order valence-corrected chi connectivity index (χ4v) is 9.36. The van der Waals surface area contributed by atoms with Crippen molar-refractivity contribution in [1.29, 1.82) is 0 Å². The molecule has 7 nitrogen and oxygen atoms in total. The van der Waals surface area contributed by atoms with E-state index in [0.29, 0.717) is 11.3 Å². The molecule has 0 aliphatic rings. The highest BCUT2D eigenvalue weighted by Crippen LogP contribution is 2.42. The monoisotopic (exact) mass is 1270 g/mol. The Labute approximate surface area is 476 Å². The summed E-state index contributed by atoms with van der Waals surface area (Å²) in [6.45, 7) is -0.0193. The zero-order chi connectivity index (χ0) is 65.5. The van der Waals surface area contributed by atoms with Crippen molar-refractivity contribution in [2.24, 2.45) is 5.11 Å². The molecule has 1 aromatic heterocycles. The van der Waals surface area contributed by atoms with Gasteiger partial charge in [0.2, 0.25) is 17.8 Å². The van der Waals surface area contributed by atoms with Crippen molar-refractivity contribution >= 4 is 56.3 Å². The molecule has 0 radical (unpaired) electrons. The number of ketones is 1. The average Bonchev–Trinajstić information content (AvgIpc) is 0.917. The van der Waals surface area contributed by atoms with Gasteiger partial charge in [0.15, 0.2) is 0 Å². The molecule has 0 atom stereocenters. The van der Waals surface area contributed by atoms with E-state index < -0.39 is 201 Å². The molecule has 8 rings (SSSR count). The van der Waals surface area contributed by atoms with E-state index in [0.717, 1.165) is 10.9 Å². The molecular weight excluding hydrogens is 1240 g/mol. The van der Waals surface area contributed by atoms with Crippen molar-refractivity contribution in [2.75, 3.05) is 0 Å². The van der Waals surface area contributed by atoms with Gasteiger partial charge in [-0.15, -0.1) is 0 Å². The number of pyridine rings is 1. The van der Waals surface area contributed by atoms with Crippen molar-refractivity contribution in [1.82, 2.24) is 0 Å². The first kappa shape index (κ1) is 66.3. The molecule has 462 valence electrons. The summed E-state index contributed by atoms with van der Waals surface area (Å²) in [5.41, 5.74) is -19.7. The highest BCUT2D eigenvalue weighted by atomic mass is 19.4. The molecule has 0 saturated carbocycles. The number of hydrogen-bond donors (Lipinski definition) is 0. The Morgan fingerprint density at radius 3 is 1.09 bits per heavy atom. The van der Waals surface area contributed by atoms with E-state index in [2.05, 4.69) is 10.0 Å². The summed E-state index contributed by atoms with van der Waals surface area (Å²) in [5, 5.41) is 4.41. The fourth-order valence-electron chi connectivity index (χ4n) is 9.36. The van der Waals surface area contributed by atoms with Crippen molar-refractivity contribution in [2.45, 2.75) is 56.0 Å². The van der Waals surface area contributed by atoms with Gasteiger partial charge in [0.25, 0.3) is 5.69 Å². The number of ether oxygens (including phenoxy) is 1. The molecule has 0 bridgehead atoms. The Kier molecular flexibility index (Phi) is 17.9. The topological polar surface area (TPSA) is 96.0 Å². The number of azide groups is 1. The third-order valence-corrected chi connectivity index (χ3v) is 13.2. The minimum atomic E-state index is -6.13. The Morgan fingerprint density at radius 1 is 0.409 bits per heavy atom. The smallest absolute Gasteiger partial charge is 0.416 e. The molecule has 1 heterocycles. The van der Waals surface area contributed by atoms with Crippen LogP contribution in [0.2, 0.25) is 0 Å². The van der Waals surface area contributed by atoms with Crippen molar-refractivity contribution in [3.8, 4) is 5.75 Å². The van der Waals surface area contributed by atoms with Crippen LogP contribution >= 0.6 is 0 Å². The number of carbonyl (C=O) groups excluding carboxylic acids is 2. The predicted octanol–water partition coefficient (Wildman–Crippen LogP) is 16.4. The Hall–Kier alpha value is -9.22. The van der Waals surface area contributed by atoms with Crippen LogP contribution in [0.25, 0.3) is 21.3 Å². The number of carbonyl (C=O) groups is 2. The van der Waals surface area contributed by atoms with E-state index in [1.807, 2.05) is 36.4 Å². The van der Waals surface area contributed by atoms with Gasteiger partial charge in [0, 0.05) is 33.7 Å². The Morgan fingerprint density at radius 2 is 0.750 bits per heavy atom. The lowest BCUT2D eigenvalue weighted by Crippen LogP contribution is -2.75. The first-order chi connectivity index (χ1) is 40.4. The lowest BCUT2D eigenvalue weighted by Gasteiger charge is -2.46. The summed E-state index contributed by atoms with van der Waals surface area (Å²) in [7, 11) is 0. The number of fused-ring (bicyclic) bond motifs is 1. The largest absolute Gasteiger partial charge is 0.419 e. The minimum absolute atomic E-state index is 0.0193. The molecule has 0 aliphatic heterocycles. The number of nitrogens with zero attached hydrogens (tertiary/aromatic N) is 4. The van der Waals surface area contributed by atoms with Crippen LogP contribution in [0.3, 0.4) is 0 Å². The molecule has 88 heavy (non-hydrogen) atoms. The van der Waals surface area contributed by atoms with Crippen LogP contribution in [-0.4, -0.2) is 17.9 Å². The first-order valence-electron chi connectivity index (χ1n) is 24.1. The molecule has 7 aromatic carbocycles. The third-order valence-electron chi connectivity index (χ3n) is 13.2. The second-order valence-corrected chi connectivity index (χ2v) is 19.0. The van der Waals surface area contributed by atoms with Gasteiger partial charge >= 0.3 is 55.4 Å². The highest BCUT2D eigenvalue weighted by molar-refractivity contribution is 7.20. The molecule has 0 amide bonds. The lowest BCUT2D eigenvalue weighted by atomic mass is 9.12. The average molecular weight is 1270 g/mol. The molecule has 0 spiro atoms. The van der Waals surface area contributed by atoms with E-state index >= 15 is 0 Å². The van der Waals surface area contributed by atoms with Gasteiger partial charge in [-0.25, -0.2) is 4.79 Å². The van der Waals surface area contributed by atoms with Gasteiger partial charge in [-0.2, -0.15) is 132 Å². The normalized spacial score (nSPS) is 12.9. The summed E-state index contributed by atoms with van der Waals surface area (Å²) in [6, 6.07) is 17.4. The summed E-state index contributed by atoms with van der Waals surface area (Å²) in [4.78, 5) is 28.6. The molecule has 0 N–H and O–H groups in total. The van der Waals surface area contributed by atoms with Crippen LogP contribution in [0.15, 0.2) is 169 Å². The molecule has 0 aliphatic carbocycles. The standard InChI is InChI=1S/C32H12BF24.C24H17N4O3/c34-25(35,36)13-1-14(26(37,38)39)6-21(5-13)33(22-7-15(27(40,41)42)2-16(8-22)28(43,44)45,23-9-17(29(46,47)48)3-18(10-23)30(49,50)51)24-11-19(31(52,53)54)4-20(12-24)32(55,56)57;25-27-26-19-10-6-11-20(15-19)31-24(30)22-14-13-17-7-4-5-12-21(17)28(22)16-23(29)18-8-2-1-3-9-18/h1-12H;1-15H,16H2/q-1;+1. The van der Waals surface area contributed by atoms with E-state index in [1.54, 1.807) is 53.1 Å². The predicted molar refractivity (Wildman–Crippen MR) is 265 cm³/mol. The van der Waals surface area contributed by atoms with Crippen LogP contribution in [-0.2, 0) is 56.0 Å². The van der Waals surface area contributed by atoms with Gasteiger partial charge in [-0.05, 0) is 54.1 Å². The van der Waals surface area contributed by atoms with Gasteiger partial charge in [0.05, 0.1) is 44.5 Å². The Bertz CT molecular complexity index is 3550. The quantitative estimate of drug-likeness (QED) is 0.0157. The van der Waals surface area contributed by atoms with E-state index in [4.69, 9.17) is 10.3 Å². The number of benzene rings is 7. The zero-order valence-corrected chi connectivity index (χ0v) is 43.0. The van der Waals surface area contributed by atoms with Gasteiger partial charge in [-0.1, -0.05) is 108 Å². The van der Waals surface area contributed by atoms with Crippen LogP contribution in [0.5, 0.6) is 5.75 Å². The van der Waals surface area contributed by atoms with Gasteiger partial charge < -0.3 is 4.74 Å². The van der Waals surface area contributed by atoms with Crippen LogP contribution in [0, 0.1) is 0 Å². The second kappa shape index (κ2) is 23.8. The Balaban J connectivity index is 0.000000298. The maximum Gasteiger partial charge on any atom is 0.416 e. The number of alkyl halides is 24. The van der Waals surface area contributed by atoms with Gasteiger partial charge in [0.1, 0.15) is 11.9 Å². The minimum Gasteiger partial charge on any atom is -0.419 e. The van der Waals surface area contributed by atoms with Crippen molar-refractivity contribution < 1.29 is 124 Å². The summed E-state index contributed by atoms with van der Waals surface area (Å²) in [6.07, 6.45) is -54.8. The number of aromatic nitrogens is 1. The highest BCUT2D eigenvalue weighted by Gasteiger charge is 2.47. The van der Waals surface area contributed by atoms with Crippen molar-refractivity contribution in [3.63, 3.8) is 0 Å². The molecule has 8 aromatic rings. The SMILES string of the molecule is FC(F)(F)c1cc([B-](c2cc(C(F)(F)F)cc(C(F)(F)F)c2)(c2cc(C(F)(F)F)cc(C(F)(F)F)c2)c2cc(C(F)(F)F)cc(C(F)(F)F)c2)cc(C(F)(F)F)c1.[N-]=[N+]=Nc1cccc(OC(=O)c2ccc3ccccc3[n+]2CC(=O)c2ccccc2)c1. The summed E-state index contributed by atoms with van der Waals surface area (Å²) < 4.78 is 348. The molecule has 0 saturated heterocycles. The van der Waals surface area contributed by atoms with E-state index in [-0.39, 0.29) is 23.8 Å². The number of hydrogen-bond acceptors (Lipinski definition) is 4. The lowest BCUT2D eigenvalue weighted by molar-refractivity contribution is -0.659. The van der Waals surface area contributed by atoms with Crippen LogP contribution < -0.4 is 31.2 Å². The third kappa shape index (κ3) is 14.9. The number of para-hydroxylation sites is 1. The molecule has 0 unspecified atom stereocenters. The number of halogens is 24. The number of esters is 1. The first-order valence-corrected chi connectivity index (χ1v) is 24.1. The fraction of sp³-hybridized carbons (Fsp3) is 0.161. The summed E-state index contributed by atoms with van der Waals surface area (Å²) in [5.74, 6) is -0.505. The van der Waals surface area contributed by atoms with Crippen LogP contribution in [0.1, 0.15) is 65.4 Å². The molecule has 32 heteroatoms. The van der Waals surface area contributed by atoms with Crippen LogP contribution in [0.4, 0.5) is 111 Å². The summed E-state index contributed by atoms with van der Waals surface area (Å²) >= 11 is 0. The number of rotatable bonds is 10. The number of Topliss-reactive ketones (excluding diaryl/α,β-unsaturated/α-hetero) is 1.